The highest BCUT2D eigenvalue weighted by Gasteiger charge is 2.11. The highest BCUT2D eigenvalue weighted by Crippen LogP contribution is 2.34. The maximum absolute atomic E-state index is 11.3. The number of hydrogen-bond acceptors (Lipinski definition) is 5. The first-order valence-electron chi connectivity index (χ1n) is 5.81. The quantitative estimate of drug-likeness (QED) is 0.584. The van der Waals surface area contributed by atoms with E-state index in [0.29, 0.717) is 29.4 Å². The van der Waals surface area contributed by atoms with E-state index in [1.807, 2.05) is 0 Å². The summed E-state index contributed by atoms with van der Waals surface area (Å²) in [6, 6.07) is 3.43. The Morgan fingerprint density at radius 1 is 1.11 bits per heavy atom. The van der Waals surface area contributed by atoms with Crippen LogP contribution in [0, 0.1) is 0 Å². The molecule has 0 amide bonds. The summed E-state index contributed by atoms with van der Waals surface area (Å²) in [6.45, 7) is 2.08. The van der Waals surface area contributed by atoms with Crippen LogP contribution in [-0.2, 0) is 9.53 Å². The molecular formula is C14H18O5. The van der Waals surface area contributed by atoms with Crippen LogP contribution in [0.15, 0.2) is 18.2 Å². The van der Waals surface area contributed by atoms with E-state index in [4.69, 9.17) is 18.9 Å². The van der Waals surface area contributed by atoms with Crippen molar-refractivity contribution in [3.8, 4) is 17.2 Å². The molecule has 0 aromatic heterocycles. The van der Waals surface area contributed by atoms with Gasteiger partial charge in [-0.3, -0.25) is 0 Å². The van der Waals surface area contributed by atoms with Gasteiger partial charge in [0.1, 0.15) is 17.2 Å². The lowest BCUT2D eigenvalue weighted by Gasteiger charge is -2.12. The molecule has 0 radical (unpaired) electrons. The Labute approximate surface area is 112 Å². The SMILES string of the molecule is CCOC(=O)/C=C/c1c(OC)cc(OC)cc1OC. The van der Waals surface area contributed by atoms with Crippen LogP contribution in [0.25, 0.3) is 6.08 Å². The Balaban J connectivity index is 3.13. The number of rotatable bonds is 6. The maximum atomic E-state index is 11.3. The van der Waals surface area contributed by atoms with Gasteiger partial charge in [-0.25, -0.2) is 4.79 Å². The molecule has 0 fully saturated rings. The van der Waals surface area contributed by atoms with Gasteiger partial charge in [0.05, 0.1) is 33.5 Å². The molecule has 1 rings (SSSR count). The number of esters is 1. The molecule has 0 bridgehead atoms. The standard InChI is InChI=1S/C14H18O5/c1-5-19-14(15)7-6-11-12(17-3)8-10(16-2)9-13(11)18-4/h6-9H,5H2,1-4H3/b7-6+. The zero-order valence-corrected chi connectivity index (χ0v) is 11.6. The van der Waals surface area contributed by atoms with Gasteiger partial charge in [-0.15, -0.1) is 0 Å². The number of carbonyl (C=O) groups excluding carboxylic acids is 1. The van der Waals surface area contributed by atoms with Crippen LogP contribution >= 0.6 is 0 Å². The third-order valence-corrected chi connectivity index (χ3v) is 2.43. The molecule has 0 unspecified atom stereocenters. The van der Waals surface area contributed by atoms with E-state index in [1.54, 1.807) is 32.2 Å². The zero-order valence-electron chi connectivity index (χ0n) is 11.6. The Morgan fingerprint density at radius 3 is 2.11 bits per heavy atom. The minimum absolute atomic E-state index is 0.333. The molecule has 0 N–H and O–H groups in total. The van der Waals surface area contributed by atoms with Gasteiger partial charge in [0.15, 0.2) is 0 Å². The summed E-state index contributed by atoms with van der Waals surface area (Å²) in [5, 5.41) is 0. The summed E-state index contributed by atoms with van der Waals surface area (Å²) in [6.07, 6.45) is 2.92. The van der Waals surface area contributed by atoms with E-state index in [1.165, 1.54) is 20.3 Å². The molecular weight excluding hydrogens is 248 g/mol. The number of benzene rings is 1. The minimum atomic E-state index is -0.414. The van der Waals surface area contributed by atoms with Gasteiger partial charge in [0.25, 0.3) is 0 Å². The summed E-state index contributed by atoms with van der Waals surface area (Å²) < 4.78 is 20.5. The summed E-state index contributed by atoms with van der Waals surface area (Å²) in [5.41, 5.74) is 0.652. The second-order valence-corrected chi connectivity index (χ2v) is 3.53. The largest absolute Gasteiger partial charge is 0.496 e. The molecule has 0 heterocycles. The fourth-order valence-electron chi connectivity index (χ4n) is 1.54. The second kappa shape index (κ2) is 7.31. The van der Waals surface area contributed by atoms with Crippen molar-refractivity contribution in [2.75, 3.05) is 27.9 Å². The molecule has 5 heteroatoms. The Morgan fingerprint density at radius 2 is 1.68 bits per heavy atom. The third kappa shape index (κ3) is 3.91. The molecule has 0 atom stereocenters. The summed E-state index contributed by atoms with van der Waals surface area (Å²) in [5.74, 6) is 1.30. The smallest absolute Gasteiger partial charge is 0.330 e. The Bertz CT molecular complexity index is 440. The molecule has 1 aromatic carbocycles. The molecule has 5 nitrogen and oxygen atoms in total. The van der Waals surface area contributed by atoms with Crippen LogP contribution < -0.4 is 14.2 Å². The van der Waals surface area contributed by atoms with Gasteiger partial charge in [0, 0.05) is 18.2 Å². The average Bonchev–Trinajstić information content (AvgIpc) is 2.44. The first-order chi connectivity index (χ1) is 9.15. The normalized spacial score (nSPS) is 10.3. The molecule has 1 aromatic rings. The van der Waals surface area contributed by atoms with Crippen molar-refractivity contribution >= 4 is 12.0 Å². The fraction of sp³-hybridized carbons (Fsp3) is 0.357. The van der Waals surface area contributed by atoms with Crippen LogP contribution in [-0.4, -0.2) is 33.9 Å². The molecule has 104 valence electrons. The molecule has 0 aliphatic heterocycles. The third-order valence-electron chi connectivity index (χ3n) is 2.43. The van der Waals surface area contributed by atoms with Crippen LogP contribution in [0.5, 0.6) is 17.2 Å². The number of methoxy groups -OCH3 is 3. The van der Waals surface area contributed by atoms with Crippen molar-refractivity contribution in [2.45, 2.75) is 6.92 Å². The average molecular weight is 266 g/mol. The number of hydrogen-bond donors (Lipinski definition) is 0. The predicted octanol–water partition coefficient (Wildman–Crippen LogP) is 2.29. The summed E-state index contributed by atoms with van der Waals surface area (Å²) >= 11 is 0. The van der Waals surface area contributed by atoms with Gasteiger partial charge in [-0.2, -0.15) is 0 Å². The maximum Gasteiger partial charge on any atom is 0.330 e. The van der Waals surface area contributed by atoms with Crippen LogP contribution in [0.1, 0.15) is 12.5 Å². The van der Waals surface area contributed by atoms with E-state index in [-0.39, 0.29) is 0 Å². The molecule has 0 spiro atoms. The lowest BCUT2D eigenvalue weighted by molar-refractivity contribution is -0.137. The summed E-state index contributed by atoms with van der Waals surface area (Å²) in [4.78, 5) is 11.3. The van der Waals surface area contributed by atoms with Crippen molar-refractivity contribution in [1.29, 1.82) is 0 Å². The zero-order chi connectivity index (χ0) is 14.3. The van der Waals surface area contributed by atoms with Crippen molar-refractivity contribution in [2.24, 2.45) is 0 Å². The van der Waals surface area contributed by atoms with Crippen LogP contribution in [0.4, 0.5) is 0 Å². The first-order valence-corrected chi connectivity index (χ1v) is 5.81. The van der Waals surface area contributed by atoms with Gasteiger partial charge >= 0.3 is 5.97 Å². The van der Waals surface area contributed by atoms with Gasteiger partial charge in [-0.05, 0) is 13.0 Å². The van der Waals surface area contributed by atoms with Crippen molar-refractivity contribution in [3.05, 3.63) is 23.8 Å². The fourth-order valence-corrected chi connectivity index (χ4v) is 1.54. The monoisotopic (exact) mass is 266 g/mol. The van der Waals surface area contributed by atoms with Gasteiger partial charge < -0.3 is 18.9 Å². The summed E-state index contributed by atoms with van der Waals surface area (Å²) in [7, 11) is 4.63. The van der Waals surface area contributed by atoms with Gasteiger partial charge in [0.2, 0.25) is 0 Å². The minimum Gasteiger partial charge on any atom is -0.496 e. The van der Waals surface area contributed by atoms with Crippen LogP contribution in [0.3, 0.4) is 0 Å². The number of carbonyl (C=O) groups is 1. The highest BCUT2D eigenvalue weighted by molar-refractivity contribution is 5.88. The molecule has 0 saturated heterocycles. The molecule has 0 aliphatic carbocycles. The van der Waals surface area contributed by atoms with Crippen molar-refractivity contribution in [3.63, 3.8) is 0 Å². The topological polar surface area (TPSA) is 54.0 Å². The number of ether oxygens (including phenoxy) is 4. The first kappa shape index (κ1) is 14.9. The van der Waals surface area contributed by atoms with Gasteiger partial charge in [-0.1, -0.05) is 0 Å². The second-order valence-electron chi connectivity index (χ2n) is 3.53. The highest BCUT2D eigenvalue weighted by atomic mass is 16.5. The Hall–Kier alpha value is -2.17. The van der Waals surface area contributed by atoms with E-state index in [9.17, 15) is 4.79 Å². The Kier molecular flexibility index (Phi) is 5.73. The molecule has 0 saturated carbocycles. The lowest BCUT2D eigenvalue weighted by Crippen LogP contribution is -1.99. The molecule has 0 aliphatic rings. The van der Waals surface area contributed by atoms with Crippen molar-refractivity contribution in [1.82, 2.24) is 0 Å². The van der Waals surface area contributed by atoms with E-state index < -0.39 is 5.97 Å². The lowest BCUT2D eigenvalue weighted by atomic mass is 10.1. The van der Waals surface area contributed by atoms with E-state index in [2.05, 4.69) is 0 Å². The van der Waals surface area contributed by atoms with Crippen molar-refractivity contribution < 1.29 is 23.7 Å². The predicted molar refractivity (Wildman–Crippen MR) is 71.8 cm³/mol. The van der Waals surface area contributed by atoms with E-state index in [0.717, 1.165) is 0 Å². The van der Waals surface area contributed by atoms with E-state index >= 15 is 0 Å². The molecule has 19 heavy (non-hydrogen) atoms. The van der Waals surface area contributed by atoms with Crippen LogP contribution in [0.2, 0.25) is 0 Å².